The first kappa shape index (κ1) is 19.0. The van der Waals surface area contributed by atoms with E-state index in [-0.39, 0.29) is 29.4 Å². The number of likely N-dealkylation sites (tertiary alicyclic amines) is 1. The molecule has 2 bridgehead atoms. The topological polar surface area (TPSA) is 46.6 Å². The molecule has 4 nitrogen and oxygen atoms in total. The number of hydrogen-bond donors (Lipinski definition) is 0. The van der Waals surface area contributed by atoms with Crippen molar-refractivity contribution in [2.24, 2.45) is 10.8 Å². The van der Waals surface area contributed by atoms with Gasteiger partial charge in [-0.05, 0) is 53.9 Å². The number of carbonyl (C=O) groups is 2. The summed E-state index contributed by atoms with van der Waals surface area (Å²) in [6.07, 6.45) is 6.14. The van der Waals surface area contributed by atoms with E-state index in [9.17, 15) is 9.59 Å². The molecule has 0 N–H and O–H groups in total. The molecule has 0 unspecified atom stereocenters. The van der Waals surface area contributed by atoms with Gasteiger partial charge in [-0.25, -0.2) is 4.79 Å². The minimum Gasteiger partial charge on any atom is -0.452 e. The van der Waals surface area contributed by atoms with E-state index < -0.39 is 5.97 Å². The van der Waals surface area contributed by atoms with Crippen LogP contribution in [0.4, 0.5) is 0 Å². The summed E-state index contributed by atoms with van der Waals surface area (Å²) in [5.41, 5.74) is 1.24. The highest BCUT2D eigenvalue weighted by Gasteiger charge is 2.50. The Morgan fingerprint density at radius 3 is 2.81 bits per heavy atom. The van der Waals surface area contributed by atoms with Gasteiger partial charge < -0.3 is 9.64 Å². The van der Waals surface area contributed by atoms with Crippen molar-refractivity contribution in [1.82, 2.24) is 4.90 Å². The fourth-order valence-corrected chi connectivity index (χ4v) is 4.99. The van der Waals surface area contributed by atoms with Crippen molar-refractivity contribution in [1.29, 1.82) is 0 Å². The lowest BCUT2D eigenvalue weighted by molar-refractivity contribution is -0.148. The monoisotopic (exact) mass is 375 g/mol. The molecule has 1 heterocycles. The van der Waals surface area contributed by atoms with Crippen LogP contribution in [0, 0.1) is 10.8 Å². The van der Waals surface area contributed by atoms with Crippen LogP contribution < -0.4 is 0 Å². The molecule has 1 aliphatic heterocycles. The van der Waals surface area contributed by atoms with Crippen molar-refractivity contribution < 1.29 is 14.3 Å². The molecule has 3 rings (SSSR count). The van der Waals surface area contributed by atoms with Gasteiger partial charge in [-0.15, -0.1) is 0 Å². The van der Waals surface area contributed by atoms with Crippen molar-refractivity contribution in [2.45, 2.75) is 46.1 Å². The lowest BCUT2D eigenvalue weighted by Crippen LogP contribution is -2.39. The van der Waals surface area contributed by atoms with E-state index in [0.29, 0.717) is 5.02 Å². The first-order valence-electron chi connectivity index (χ1n) is 9.06. The molecule has 0 aromatic heterocycles. The van der Waals surface area contributed by atoms with E-state index in [1.165, 1.54) is 6.08 Å². The van der Waals surface area contributed by atoms with Crippen LogP contribution in [0.3, 0.4) is 0 Å². The summed E-state index contributed by atoms with van der Waals surface area (Å²) in [4.78, 5) is 26.4. The van der Waals surface area contributed by atoms with E-state index in [1.807, 2.05) is 17.0 Å². The Balaban J connectivity index is 1.53. The molecular formula is C21H26ClNO3. The maximum absolute atomic E-state index is 12.6. The number of ether oxygens (including phenoxy) is 1. The fraction of sp³-hybridized carbons (Fsp3) is 0.524. The van der Waals surface area contributed by atoms with Gasteiger partial charge in [0.15, 0.2) is 6.61 Å². The third kappa shape index (κ3) is 4.47. The van der Waals surface area contributed by atoms with Gasteiger partial charge in [0.2, 0.25) is 0 Å². The van der Waals surface area contributed by atoms with Crippen molar-refractivity contribution in [2.75, 3.05) is 13.2 Å². The Bertz CT molecular complexity index is 743. The zero-order valence-corrected chi connectivity index (χ0v) is 16.4. The molecule has 1 aliphatic carbocycles. The molecular weight excluding hydrogens is 350 g/mol. The molecule has 2 fully saturated rings. The van der Waals surface area contributed by atoms with Gasteiger partial charge in [0.1, 0.15) is 0 Å². The Kier molecular flexibility index (Phi) is 5.16. The first-order chi connectivity index (χ1) is 12.2. The predicted molar refractivity (Wildman–Crippen MR) is 103 cm³/mol. The average Bonchev–Trinajstić information content (AvgIpc) is 2.79. The van der Waals surface area contributed by atoms with Gasteiger partial charge in [-0.1, -0.05) is 44.5 Å². The van der Waals surface area contributed by atoms with Crippen LogP contribution >= 0.6 is 11.6 Å². The number of amides is 1. The Morgan fingerprint density at radius 2 is 2.08 bits per heavy atom. The average molecular weight is 376 g/mol. The van der Waals surface area contributed by atoms with Gasteiger partial charge in [0.25, 0.3) is 5.91 Å². The largest absolute Gasteiger partial charge is 0.452 e. The number of rotatable bonds is 4. The summed E-state index contributed by atoms with van der Waals surface area (Å²) in [7, 11) is 0. The van der Waals surface area contributed by atoms with Crippen molar-refractivity contribution >= 4 is 29.6 Å². The number of nitrogens with zero attached hydrogens (tertiary/aromatic N) is 1. The minimum absolute atomic E-state index is 0.0964. The van der Waals surface area contributed by atoms with Crippen LogP contribution in [-0.2, 0) is 14.3 Å². The normalized spacial score (nSPS) is 26.9. The molecule has 1 saturated heterocycles. The summed E-state index contributed by atoms with van der Waals surface area (Å²) in [6, 6.07) is 7.43. The predicted octanol–water partition coefficient (Wildman–Crippen LogP) is 4.32. The Labute approximate surface area is 160 Å². The molecule has 140 valence electrons. The van der Waals surface area contributed by atoms with Crippen LogP contribution in [0.25, 0.3) is 6.08 Å². The summed E-state index contributed by atoms with van der Waals surface area (Å²) in [6.45, 7) is 7.35. The van der Waals surface area contributed by atoms with Crippen molar-refractivity contribution in [3.8, 4) is 0 Å². The molecule has 0 spiro atoms. The summed E-state index contributed by atoms with van der Waals surface area (Å²) in [5.74, 6) is -0.618. The molecule has 26 heavy (non-hydrogen) atoms. The number of esters is 1. The van der Waals surface area contributed by atoms with Gasteiger partial charge in [-0.2, -0.15) is 0 Å². The van der Waals surface area contributed by atoms with Gasteiger partial charge in [0, 0.05) is 23.7 Å². The second-order valence-corrected chi connectivity index (χ2v) is 9.17. The Morgan fingerprint density at radius 1 is 1.31 bits per heavy atom. The van der Waals surface area contributed by atoms with Crippen LogP contribution in [0.2, 0.25) is 5.02 Å². The highest BCUT2D eigenvalue weighted by atomic mass is 35.5. The lowest BCUT2D eigenvalue weighted by Gasteiger charge is -2.39. The lowest BCUT2D eigenvalue weighted by atomic mass is 9.65. The SMILES string of the molecule is CC1(C)C[C@@H]2C[C@](C)(CN2C(=O)COC(=O)/C=C/c2cccc(Cl)c2)C1. The van der Waals surface area contributed by atoms with Crippen LogP contribution in [-0.4, -0.2) is 36.0 Å². The van der Waals surface area contributed by atoms with Crippen LogP contribution in [0.5, 0.6) is 0 Å². The van der Waals surface area contributed by atoms with E-state index >= 15 is 0 Å². The first-order valence-corrected chi connectivity index (χ1v) is 9.44. The van der Waals surface area contributed by atoms with Gasteiger partial charge >= 0.3 is 5.97 Å². The molecule has 1 amide bonds. The molecule has 2 aliphatic rings. The smallest absolute Gasteiger partial charge is 0.331 e. The van der Waals surface area contributed by atoms with E-state index in [2.05, 4.69) is 20.8 Å². The molecule has 1 aromatic rings. The third-order valence-corrected chi connectivity index (χ3v) is 5.57. The number of fused-ring (bicyclic) bond motifs is 2. The maximum Gasteiger partial charge on any atom is 0.331 e. The second kappa shape index (κ2) is 7.07. The highest BCUT2D eigenvalue weighted by molar-refractivity contribution is 6.30. The number of carbonyl (C=O) groups excluding carboxylic acids is 2. The molecule has 2 atom stereocenters. The van der Waals surface area contributed by atoms with Crippen molar-refractivity contribution in [3.63, 3.8) is 0 Å². The molecule has 1 saturated carbocycles. The quantitative estimate of drug-likeness (QED) is 0.581. The van der Waals surface area contributed by atoms with E-state index in [1.54, 1.807) is 18.2 Å². The maximum atomic E-state index is 12.6. The van der Waals surface area contributed by atoms with E-state index in [4.69, 9.17) is 16.3 Å². The second-order valence-electron chi connectivity index (χ2n) is 8.73. The summed E-state index contributed by atoms with van der Waals surface area (Å²) < 4.78 is 5.15. The van der Waals surface area contributed by atoms with Crippen LogP contribution in [0.1, 0.15) is 45.6 Å². The zero-order chi connectivity index (χ0) is 18.9. The fourth-order valence-electron chi connectivity index (χ4n) is 4.79. The molecule has 5 heteroatoms. The van der Waals surface area contributed by atoms with E-state index in [0.717, 1.165) is 31.4 Å². The highest BCUT2D eigenvalue weighted by Crippen LogP contribution is 2.52. The molecule has 1 aromatic carbocycles. The van der Waals surface area contributed by atoms with Gasteiger partial charge in [-0.3, -0.25) is 4.79 Å². The summed E-state index contributed by atoms with van der Waals surface area (Å²) in [5, 5.41) is 0.604. The minimum atomic E-state index is -0.521. The number of benzene rings is 1. The summed E-state index contributed by atoms with van der Waals surface area (Å²) >= 11 is 5.91. The number of hydrogen-bond acceptors (Lipinski definition) is 3. The van der Waals surface area contributed by atoms with Crippen LogP contribution in [0.15, 0.2) is 30.3 Å². The Hall–Kier alpha value is -1.81. The van der Waals surface area contributed by atoms with Crippen molar-refractivity contribution in [3.05, 3.63) is 40.9 Å². The standard InChI is InChI=1S/C21H26ClNO3/c1-20(2)10-17-11-21(3,13-20)14-23(17)18(24)12-26-19(25)8-7-15-5-4-6-16(22)9-15/h4-9,17H,10-14H2,1-3H3/b8-7+/t17-,21+/m1/s1. The number of halogens is 1. The van der Waals surface area contributed by atoms with Gasteiger partial charge in [0.05, 0.1) is 0 Å². The zero-order valence-electron chi connectivity index (χ0n) is 15.6. The third-order valence-electron chi connectivity index (χ3n) is 5.33. The molecule has 0 radical (unpaired) electrons.